The first-order valence-electron chi connectivity index (χ1n) is 4.86. The van der Waals surface area contributed by atoms with Gasteiger partial charge in [-0.25, -0.2) is 0 Å². The summed E-state index contributed by atoms with van der Waals surface area (Å²) in [4.78, 5) is 9.97. The van der Waals surface area contributed by atoms with E-state index in [9.17, 15) is 10.1 Å². The van der Waals surface area contributed by atoms with E-state index >= 15 is 0 Å². The van der Waals surface area contributed by atoms with Gasteiger partial charge >= 0.3 is 0 Å². The Morgan fingerprint density at radius 1 is 1.24 bits per heavy atom. The van der Waals surface area contributed by atoms with Crippen LogP contribution >= 0.6 is 0 Å². The quantitative estimate of drug-likeness (QED) is 0.460. The molecule has 2 aromatic rings. The van der Waals surface area contributed by atoms with Crippen LogP contribution in [0.15, 0.2) is 57.9 Å². The molecule has 0 aliphatic rings. The molecule has 86 valence electrons. The normalized spacial score (nSPS) is 12.1. The average Bonchev–Trinajstić information content (AvgIpc) is 2.96. The monoisotopic (exact) mass is 231 g/mol. The van der Waals surface area contributed by atoms with Gasteiger partial charge in [-0.3, -0.25) is 10.1 Å². The first-order valence-corrected chi connectivity index (χ1v) is 4.86. The largest absolute Gasteiger partial charge is 0.465 e. The molecule has 2 rings (SSSR count). The minimum absolute atomic E-state index is 0.372. The van der Waals surface area contributed by atoms with Crippen LogP contribution in [0.3, 0.4) is 0 Å². The Morgan fingerprint density at radius 3 is 2.59 bits per heavy atom. The van der Waals surface area contributed by atoms with Crippen molar-refractivity contribution >= 4 is 11.6 Å². The second-order valence-corrected chi connectivity index (χ2v) is 3.20. The van der Waals surface area contributed by atoms with E-state index in [0.717, 1.165) is 6.20 Å². The van der Waals surface area contributed by atoms with Crippen molar-refractivity contribution in [2.45, 2.75) is 0 Å². The van der Waals surface area contributed by atoms with E-state index in [1.807, 2.05) is 0 Å². The van der Waals surface area contributed by atoms with Gasteiger partial charge in [-0.1, -0.05) is 0 Å². The predicted octanol–water partition coefficient (Wildman–Crippen LogP) is 3.20. The summed E-state index contributed by atoms with van der Waals surface area (Å²) >= 11 is 0. The van der Waals surface area contributed by atoms with Gasteiger partial charge in [0.05, 0.1) is 23.0 Å². The van der Waals surface area contributed by atoms with Crippen molar-refractivity contribution in [3.63, 3.8) is 0 Å². The number of rotatable bonds is 4. The molecule has 0 saturated heterocycles. The zero-order valence-corrected chi connectivity index (χ0v) is 8.78. The highest BCUT2D eigenvalue weighted by Gasteiger charge is 2.06. The van der Waals surface area contributed by atoms with E-state index < -0.39 is 4.92 Å². The van der Waals surface area contributed by atoms with Gasteiger partial charge in [-0.15, -0.1) is 0 Å². The number of nitrogens with zero attached hydrogens (tertiary/aromatic N) is 1. The first-order chi connectivity index (χ1) is 8.25. The van der Waals surface area contributed by atoms with Gasteiger partial charge < -0.3 is 8.83 Å². The van der Waals surface area contributed by atoms with E-state index in [4.69, 9.17) is 8.83 Å². The van der Waals surface area contributed by atoms with Gasteiger partial charge in [0, 0.05) is 0 Å². The van der Waals surface area contributed by atoms with Crippen molar-refractivity contribution < 1.29 is 13.8 Å². The molecule has 0 N–H and O–H groups in total. The summed E-state index contributed by atoms with van der Waals surface area (Å²) in [5.74, 6) is 1.05. The molecular formula is C12H9NO4. The van der Waals surface area contributed by atoms with Gasteiger partial charge in [0.25, 0.3) is 0 Å². The van der Waals surface area contributed by atoms with Gasteiger partial charge in [-0.2, -0.15) is 0 Å². The molecule has 0 aliphatic carbocycles. The van der Waals surface area contributed by atoms with E-state index in [0.29, 0.717) is 17.1 Å². The van der Waals surface area contributed by atoms with Gasteiger partial charge in [0.15, 0.2) is 0 Å². The molecule has 5 heteroatoms. The fourth-order valence-electron chi connectivity index (χ4n) is 1.30. The summed E-state index contributed by atoms with van der Waals surface area (Å²) in [5, 5.41) is 10.5. The molecule has 5 nitrogen and oxygen atoms in total. The molecule has 0 saturated carbocycles. The van der Waals surface area contributed by atoms with E-state index in [2.05, 4.69) is 0 Å². The molecule has 0 unspecified atom stereocenters. The van der Waals surface area contributed by atoms with Gasteiger partial charge in [0.2, 0.25) is 6.20 Å². The molecule has 0 bridgehead atoms. The molecule has 0 aliphatic heterocycles. The molecule has 0 fully saturated rings. The highest BCUT2D eigenvalue weighted by Crippen LogP contribution is 2.18. The maximum atomic E-state index is 10.5. The second-order valence-electron chi connectivity index (χ2n) is 3.20. The van der Waals surface area contributed by atoms with Crippen LogP contribution in [0.4, 0.5) is 0 Å². The van der Waals surface area contributed by atoms with Crippen LogP contribution in [0.2, 0.25) is 0 Å². The Balaban J connectivity index is 2.26. The highest BCUT2D eigenvalue weighted by molar-refractivity contribution is 5.74. The fourth-order valence-corrected chi connectivity index (χ4v) is 1.30. The third-order valence-electron chi connectivity index (χ3n) is 2.02. The Kier molecular flexibility index (Phi) is 3.20. The zero-order chi connectivity index (χ0) is 12.1. The lowest BCUT2D eigenvalue weighted by atomic mass is 10.2. The lowest BCUT2D eigenvalue weighted by Gasteiger charge is -1.93. The standard InChI is InChI=1S/C12H9NO4/c14-13(15)9-10(12-4-2-8-17-12)5-6-11-3-1-7-16-11/h1-9H/b6-5+,10-9-. The smallest absolute Gasteiger partial charge is 0.245 e. The Bertz CT molecular complexity index is 535. The third kappa shape index (κ3) is 2.94. The summed E-state index contributed by atoms with van der Waals surface area (Å²) in [7, 11) is 0. The van der Waals surface area contributed by atoms with Crippen molar-refractivity contribution in [1.29, 1.82) is 0 Å². The minimum atomic E-state index is -0.523. The Hall–Kier alpha value is -2.56. The summed E-state index contributed by atoms with van der Waals surface area (Å²) < 4.78 is 10.2. The predicted molar refractivity (Wildman–Crippen MR) is 61.4 cm³/mol. The zero-order valence-electron chi connectivity index (χ0n) is 8.78. The SMILES string of the molecule is O=[N+]([O-])/C=C(/C=C/c1ccco1)c1ccco1. The van der Waals surface area contributed by atoms with Crippen molar-refractivity contribution in [2.75, 3.05) is 0 Å². The Morgan fingerprint density at radius 2 is 2.00 bits per heavy atom. The van der Waals surface area contributed by atoms with E-state index in [1.54, 1.807) is 36.4 Å². The molecular weight excluding hydrogens is 222 g/mol. The molecule has 17 heavy (non-hydrogen) atoms. The summed E-state index contributed by atoms with van der Waals surface area (Å²) in [6, 6.07) is 6.82. The van der Waals surface area contributed by atoms with Crippen molar-refractivity contribution in [1.82, 2.24) is 0 Å². The highest BCUT2D eigenvalue weighted by atomic mass is 16.6. The molecule has 0 aromatic carbocycles. The maximum absolute atomic E-state index is 10.5. The summed E-state index contributed by atoms with van der Waals surface area (Å²) in [6.45, 7) is 0. The average molecular weight is 231 g/mol. The molecule has 0 radical (unpaired) electrons. The molecule has 0 spiro atoms. The van der Waals surface area contributed by atoms with Crippen LogP contribution < -0.4 is 0 Å². The number of hydrogen-bond donors (Lipinski definition) is 0. The topological polar surface area (TPSA) is 69.4 Å². The number of allylic oxidation sites excluding steroid dienone is 2. The van der Waals surface area contributed by atoms with Crippen LogP contribution in [0.5, 0.6) is 0 Å². The van der Waals surface area contributed by atoms with E-state index in [-0.39, 0.29) is 0 Å². The van der Waals surface area contributed by atoms with Crippen LogP contribution in [-0.2, 0) is 0 Å². The maximum Gasteiger partial charge on any atom is 0.245 e. The minimum Gasteiger partial charge on any atom is -0.465 e. The molecule has 2 heterocycles. The first kappa shape index (κ1) is 10.9. The molecule has 0 atom stereocenters. The van der Waals surface area contributed by atoms with Crippen LogP contribution in [0.1, 0.15) is 11.5 Å². The van der Waals surface area contributed by atoms with E-state index in [1.165, 1.54) is 12.5 Å². The molecule has 0 amide bonds. The second kappa shape index (κ2) is 4.98. The summed E-state index contributed by atoms with van der Waals surface area (Å²) in [5.41, 5.74) is 0.372. The van der Waals surface area contributed by atoms with Crippen molar-refractivity contribution in [2.24, 2.45) is 0 Å². The lowest BCUT2D eigenvalue weighted by molar-refractivity contribution is -0.401. The Labute approximate surface area is 96.8 Å². The number of furan rings is 2. The van der Waals surface area contributed by atoms with Crippen molar-refractivity contribution in [3.05, 3.63) is 70.7 Å². The van der Waals surface area contributed by atoms with Gasteiger partial charge in [-0.05, 0) is 36.4 Å². The van der Waals surface area contributed by atoms with Crippen LogP contribution in [-0.4, -0.2) is 4.92 Å². The van der Waals surface area contributed by atoms with Crippen LogP contribution in [0.25, 0.3) is 11.6 Å². The number of hydrogen-bond acceptors (Lipinski definition) is 4. The summed E-state index contributed by atoms with van der Waals surface area (Å²) in [6.07, 6.45) is 7.09. The lowest BCUT2D eigenvalue weighted by Crippen LogP contribution is -1.87. The fraction of sp³-hybridized carbons (Fsp3) is 0. The molecule has 2 aromatic heterocycles. The third-order valence-corrected chi connectivity index (χ3v) is 2.02. The van der Waals surface area contributed by atoms with Crippen LogP contribution in [0, 0.1) is 10.1 Å². The van der Waals surface area contributed by atoms with Crippen molar-refractivity contribution in [3.8, 4) is 0 Å². The number of nitro groups is 1. The van der Waals surface area contributed by atoms with Gasteiger partial charge in [0.1, 0.15) is 11.5 Å².